The Morgan fingerprint density at radius 2 is 1.50 bits per heavy atom. The van der Waals surface area contributed by atoms with Gasteiger partial charge in [-0.3, -0.25) is 0 Å². The predicted molar refractivity (Wildman–Crippen MR) is 10.5 cm³/mol. The van der Waals surface area contributed by atoms with Gasteiger partial charge in [-0.2, -0.15) is 0 Å². The average Bonchev–Trinajstić information content (AvgIpc) is 1.39. The van der Waals surface area contributed by atoms with Crippen molar-refractivity contribution in [3.8, 4) is 0 Å². The molecule has 0 amide bonds. The van der Waals surface area contributed by atoms with E-state index >= 15 is 0 Å². The van der Waals surface area contributed by atoms with E-state index in [9.17, 15) is 0 Å². The molecule has 0 unspecified atom stereocenters. The van der Waals surface area contributed by atoms with Gasteiger partial charge in [0.1, 0.15) is 0 Å². The topological polar surface area (TPSA) is 86.6 Å². The van der Waals surface area contributed by atoms with E-state index in [1.807, 2.05) is 0 Å². The third kappa shape index (κ3) is 14000. The van der Waals surface area contributed by atoms with Gasteiger partial charge in [0.05, 0.1) is 0 Å². The van der Waals surface area contributed by atoms with Crippen molar-refractivity contribution in [1.82, 2.24) is 0 Å². The van der Waals surface area contributed by atoms with Crippen molar-refractivity contribution in [2.75, 3.05) is 0 Å². The molecule has 6 heavy (non-hydrogen) atoms. The molecule has 6 heteroatoms. The van der Waals surface area contributed by atoms with Crippen molar-refractivity contribution < 1.29 is 32.3 Å². The summed E-state index contributed by atoms with van der Waals surface area (Å²) in [6, 6.07) is 0. The number of hydrogen-bond acceptors (Lipinski definition) is 5. The van der Waals surface area contributed by atoms with Crippen molar-refractivity contribution in [3.05, 3.63) is 10.1 Å². The number of nitrogens with zero attached hydrogens (tertiary/aromatic N) is 1. The maximum absolute atomic E-state index is 8.58. The van der Waals surface area contributed by atoms with Gasteiger partial charge in [-0.25, -0.2) is 0 Å². The Morgan fingerprint density at radius 1 is 1.50 bits per heavy atom. The molecule has 0 aromatic heterocycles. The number of hydrogen-bond donors (Lipinski definition) is 0. The summed E-state index contributed by atoms with van der Waals surface area (Å²) in [5, 5.41) is 9.00. The number of rotatable bonds is 0. The van der Waals surface area contributed by atoms with Crippen molar-refractivity contribution in [2.24, 2.45) is 5.34 Å². The maximum atomic E-state index is 8.58. The second-order valence-electron chi connectivity index (χ2n) is 0.158. The Labute approximate surface area is 47.9 Å². The molecular formula is NO4U-. The zero-order chi connectivity index (χ0) is 5.41. The van der Waals surface area contributed by atoms with Crippen LogP contribution in [0.4, 0.5) is 0 Å². The average molecular weight is 316 g/mol. The molecule has 0 aromatic carbocycles. The third-order valence-corrected chi connectivity index (χ3v) is 0. The molecule has 0 bridgehead atoms. The van der Waals surface area contributed by atoms with Crippen molar-refractivity contribution >= 4 is 0 Å². The first-order valence-corrected chi connectivity index (χ1v) is 4.17. The molecule has 0 saturated heterocycles. The molecule has 5 nitrogen and oxygen atoms in total. The SMILES string of the molecule is O=N[O-].[O]=[U]=[O]. The van der Waals surface area contributed by atoms with Crippen molar-refractivity contribution in [2.45, 2.75) is 0 Å². The van der Waals surface area contributed by atoms with Crippen LogP contribution in [0.15, 0.2) is 5.34 Å². The molecule has 0 heterocycles. The molecule has 0 spiro atoms. The molecular weight excluding hydrogens is 316 g/mol. The first-order valence-electron chi connectivity index (χ1n) is 0.773. The molecule has 0 aromatic rings. The van der Waals surface area contributed by atoms with Gasteiger partial charge in [0.25, 0.3) is 0 Å². The zero-order valence-corrected chi connectivity index (χ0v) is 6.74. The Kier molecular flexibility index (Phi) is 30.9. The van der Waals surface area contributed by atoms with Crippen LogP contribution < -0.4 is 0 Å². The molecule has 0 saturated carbocycles. The summed E-state index contributed by atoms with van der Waals surface area (Å²) in [6.07, 6.45) is 0. The molecule has 0 aliphatic rings. The molecule has 0 radical (unpaired) electrons. The van der Waals surface area contributed by atoms with Crippen LogP contribution in [0.5, 0.6) is 0 Å². The van der Waals surface area contributed by atoms with E-state index in [4.69, 9.17) is 14.6 Å². The standard InChI is InChI=1S/HNO2.2O.U/c2-1-3;;;/h(H,2,3);;;/p-1. The van der Waals surface area contributed by atoms with Crippen LogP contribution in [0.3, 0.4) is 0 Å². The Balaban J connectivity index is 0. The van der Waals surface area contributed by atoms with Crippen LogP contribution in [-0.4, -0.2) is 0 Å². The van der Waals surface area contributed by atoms with E-state index in [0.717, 1.165) is 5.34 Å². The fourth-order valence-corrected chi connectivity index (χ4v) is 0. The summed E-state index contributed by atoms with van der Waals surface area (Å²) in [4.78, 5) is 8.00. The molecule has 0 fully saturated rings. The van der Waals surface area contributed by atoms with Crippen LogP contribution in [0.2, 0.25) is 0 Å². The van der Waals surface area contributed by atoms with Gasteiger partial charge in [-0.1, -0.05) is 0 Å². The normalized spacial score (nSPS) is 3.33. The van der Waals surface area contributed by atoms with Crippen LogP contribution in [-0.2, 0) is 4.47 Å². The van der Waals surface area contributed by atoms with E-state index in [-0.39, 0.29) is 0 Å². The molecule has 0 N–H and O–H groups in total. The first kappa shape index (κ1) is 9.41. The predicted octanol–water partition coefficient (Wildman–Crippen LogP) is 0.0130. The summed E-state index contributed by atoms with van der Waals surface area (Å²) in [7, 11) is 0. The van der Waals surface area contributed by atoms with Crippen molar-refractivity contribution in [3.63, 3.8) is 0 Å². The quantitative estimate of drug-likeness (QED) is 0.465. The molecule has 0 atom stereocenters. The van der Waals surface area contributed by atoms with Gasteiger partial charge in [0, 0.05) is 0 Å². The summed E-state index contributed by atoms with van der Waals surface area (Å²) in [6.45, 7) is 0. The first-order chi connectivity index (χ1) is 2.83. The summed E-state index contributed by atoms with van der Waals surface area (Å²) >= 11 is -2.51. The zero-order valence-electron chi connectivity index (χ0n) is 2.58. The van der Waals surface area contributed by atoms with E-state index < -0.39 is 27.8 Å². The fourth-order valence-electron chi connectivity index (χ4n) is 0. The van der Waals surface area contributed by atoms with E-state index in [2.05, 4.69) is 0 Å². The summed E-state index contributed by atoms with van der Waals surface area (Å²) in [5.41, 5.74) is 0. The summed E-state index contributed by atoms with van der Waals surface area (Å²) < 4.78 is 17.2. The Bertz CT molecular complexity index is 52.6. The second kappa shape index (κ2) is 19.7. The van der Waals surface area contributed by atoms with Gasteiger partial charge in [0.15, 0.2) is 0 Å². The van der Waals surface area contributed by atoms with E-state index in [1.54, 1.807) is 0 Å². The third-order valence-electron chi connectivity index (χ3n) is 0. The molecule has 0 aliphatic heterocycles. The Morgan fingerprint density at radius 3 is 1.50 bits per heavy atom. The molecule has 34 valence electrons. The van der Waals surface area contributed by atoms with E-state index in [0.29, 0.717) is 0 Å². The summed E-state index contributed by atoms with van der Waals surface area (Å²) in [5.74, 6) is 0. The van der Waals surface area contributed by atoms with Gasteiger partial charge >= 0.3 is 32.3 Å². The minimum atomic E-state index is -2.51. The van der Waals surface area contributed by atoms with Gasteiger partial charge in [-0.15, -0.1) is 5.34 Å². The van der Waals surface area contributed by atoms with Crippen LogP contribution >= 0.6 is 0 Å². The Hall–Kier alpha value is 0.0519. The minimum absolute atomic E-state index is 1.00. The second-order valence-corrected chi connectivity index (χ2v) is 0.852. The van der Waals surface area contributed by atoms with Crippen LogP contribution in [0.1, 0.15) is 0 Å². The van der Waals surface area contributed by atoms with E-state index in [1.165, 1.54) is 0 Å². The molecule has 0 rings (SSSR count). The van der Waals surface area contributed by atoms with Gasteiger partial charge in [-0.05, 0) is 0 Å². The molecule has 0 aliphatic carbocycles. The van der Waals surface area contributed by atoms with Gasteiger partial charge < -0.3 is 10.1 Å². The van der Waals surface area contributed by atoms with Crippen LogP contribution in [0.25, 0.3) is 0 Å². The van der Waals surface area contributed by atoms with Gasteiger partial charge in [0.2, 0.25) is 0 Å². The fraction of sp³-hybridized carbons (Fsp3) is 0. The van der Waals surface area contributed by atoms with Crippen molar-refractivity contribution in [1.29, 1.82) is 0 Å². The monoisotopic (exact) mass is 316 g/mol. The van der Waals surface area contributed by atoms with Crippen LogP contribution in [0, 0.1) is 37.9 Å².